The van der Waals surface area contributed by atoms with E-state index in [1.165, 1.54) is 5.56 Å². The Bertz CT molecular complexity index is 1820. The highest BCUT2D eigenvalue weighted by molar-refractivity contribution is 6.51. The largest absolute Gasteiger partial charge is 0.337 e. The van der Waals surface area contributed by atoms with Crippen LogP contribution >= 0.6 is 11.6 Å². The number of nitrogens with zero attached hydrogens (tertiary/aromatic N) is 5. The van der Waals surface area contributed by atoms with E-state index in [2.05, 4.69) is 79.5 Å². The number of rotatable bonds is 3. The summed E-state index contributed by atoms with van der Waals surface area (Å²) >= 11 is 6.34. The molecule has 40 heavy (non-hydrogen) atoms. The molecule has 1 aromatic heterocycles. The van der Waals surface area contributed by atoms with Crippen molar-refractivity contribution in [3.8, 4) is 5.69 Å². The maximum atomic E-state index is 6.34. The highest BCUT2D eigenvalue weighted by Gasteiger charge is 2.41. The van der Waals surface area contributed by atoms with Crippen LogP contribution in [0.5, 0.6) is 0 Å². The zero-order valence-electron chi connectivity index (χ0n) is 22.4. The van der Waals surface area contributed by atoms with Crippen molar-refractivity contribution in [2.24, 2.45) is 9.98 Å². The van der Waals surface area contributed by atoms with Crippen LogP contribution in [0, 0.1) is 20.8 Å². The van der Waals surface area contributed by atoms with E-state index in [0.29, 0.717) is 10.9 Å². The zero-order valence-corrected chi connectivity index (χ0v) is 23.2. The lowest BCUT2D eigenvalue weighted by Crippen LogP contribution is -2.46. The molecule has 2 aliphatic rings. The van der Waals surface area contributed by atoms with E-state index in [1.807, 2.05) is 53.2 Å². The van der Waals surface area contributed by atoms with Crippen molar-refractivity contribution in [3.05, 3.63) is 130 Å². The van der Waals surface area contributed by atoms with Crippen molar-refractivity contribution >= 4 is 46.2 Å². The monoisotopic (exact) mass is 542 g/mol. The van der Waals surface area contributed by atoms with Crippen LogP contribution in [0.3, 0.4) is 0 Å². The molecule has 0 fully saturated rings. The van der Waals surface area contributed by atoms with E-state index in [9.17, 15) is 0 Å². The first-order valence-electron chi connectivity index (χ1n) is 13.3. The summed E-state index contributed by atoms with van der Waals surface area (Å²) in [5.41, 5.74) is 9.20. The number of nitrogens with one attached hydrogen (secondary N) is 1. The number of benzene rings is 4. The second kappa shape index (κ2) is 9.50. The van der Waals surface area contributed by atoms with Crippen LogP contribution in [0.1, 0.15) is 34.0 Å². The summed E-state index contributed by atoms with van der Waals surface area (Å²) in [6.07, 6.45) is 0. The van der Waals surface area contributed by atoms with Crippen molar-refractivity contribution in [1.82, 2.24) is 9.78 Å². The number of hydrogen-bond acceptors (Lipinski definition) is 5. The van der Waals surface area contributed by atoms with Crippen molar-refractivity contribution in [1.29, 1.82) is 0 Å². The topological polar surface area (TPSA) is 57.8 Å². The molecule has 196 valence electrons. The number of amidine groups is 2. The summed E-state index contributed by atoms with van der Waals surface area (Å²) in [7, 11) is 0. The summed E-state index contributed by atoms with van der Waals surface area (Å²) in [6, 6.07) is 32.6. The fourth-order valence-corrected chi connectivity index (χ4v) is 5.63. The molecular weight excluding hydrogens is 516 g/mol. The Morgan fingerprint density at radius 2 is 1.55 bits per heavy atom. The van der Waals surface area contributed by atoms with Crippen LogP contribution < -0.4 is 10.2 Å². The molecule has 4 aromatic carbocycles. The predicted molar refractivity (Wildman–Crippen MR) is 164 cm³/mol. The van der Waals surface area contributed by atoms with Gasteiger partial charge in [-0.3, -0.25) is 0 Å². The molecule has 0 aliphatic carbocycles. The van der Waals surface area contributed by atoms with Gasteiger partial charge in [-0.15, -0.1) is 0 Å². The van der Waals surface area contributed by atoms with Gasteiger partial charge in [0.25, 0.3) is 0 Å². The molecule has 0 bridgehead atoms. The van der Waals surface area contributed by atoms with Gasteiger partial charge < -0.3 is 10.2 Å². The molecule has 3 heterocycles. The lowest BCUT2D eigenvalue weighted by atomic mass is 9.93. The quantitative estimate of drug-likeness (QED) is 0.250. The van der Waals surface area contributed by atoms with E-state index in [1.54, 1.807) is 0 Å². The lowest BCUT2D eigenvalue weighted by Gasteiger charge is -2.40. The Kier molecular flexibility index (Phi) is 5.79. The van der Waals surface area contributed by atoms with E-state index in [4.69, 9.17) is 26.7 Å². The standard InChI is InChI=1S/C33H27ClN6/c1-20-13-14-21(2)27(19-20)36-31-33-37-32-29(22(3)38-40(32)25-9-5-4-6-10-25)30(23-15-17-24(34)18-16-23)39(33)28-12-8-7-11-26(28)35-31/h4-19,30H,1-3H3,(H,35,36)/t30-/m0/s1. The Hall–Kier alpha value is -4.68. The van der Waals surface area contributed by atoms with Crippen LogP contribution in [0.2, 0.25) is 5.02 Å². The molecule has 0 radical (unpaired) electrons. The molecule has 2 aliphatic heterocycles. The third-order valence-corrected chi connectivity index (χ3v) is 7.72. The third-order valence-electron chi connectivity index (χ3n) is 7.47. The first-order valence-corrected chi connectivity index (χ1v) is 13.7. The minimum atomic E-state index is -0.190. The smallest absolute Gasteiger partial charge is 0.179 e. The maximum Gasteiger partial charge on any atom is 0.179 e. The number of aliphatic imine (C=N–C) groups is 2. The number of para-hydroxylation sites is 3. The van der Waals surface area contributed by atoms with Gasteiger partial charge in [0.15, 0.2) is 17.5 Å². The Morgan fingerprint density at radius 3 is 2.35 bits per heavy atom. The Morgan fingerprint density at radius 1 is 0.800 bits per heavy atom. The highest BCUT2D eigenvalue weighted by atomic mass is 35.5. The van der Waals surface area contributed by atoms with Gasteiger partial charge in [-0.1, -0.05) is 66.2 Å². The fraction of sp³-hybridized carbons (Fsp3) is 0.121. The van der Waals surface area contributed by atoms with Gasteiger partial charge in [-0.05, 0) is 79.9 Å². The molecule has 6 nitrogen and oxygen atoms in total. The average Bonchev–Trinajstić information content (AvgIpc) is 3.31. The number of aromatic nitrogens is 2. The molecule has 5 aromatic rings. The van der Waals surface area contributed by atoms with Gasteiger partial charge in [0.2, 0.25) is 0 Å². The van der Waals surface area contributed by atoms with E-state index in [0.717, 1.165) is 56.8 Å². The van der Waals surface area contributed by atoms with Crippen LogP contribution in [0.25, 0.3) is 5.69 Å². The summed E-state index contributed by atoms with van der Waals surface area (Å²) in [4.78, 5) is 12.7. The highest BCUT2D eigenvalue weighted by Crippen LogP contribution is 2.48. The Balaban J connectivity index is 1.50. The molecule has 0 saturated heterocycles. The van der Waals surface area contributed by atoms with Crippen LogP contribution in [0.15, 0.2) is 107 Å². The second-order valence-corrected chi connectivity index (χ2v) is 10.7. The Labute approximate surface area is 238 Å². The normalized spacial score (nSPS) is 15.5. The maximum absolute atomic E-state index is 6.34. The molecule has 0 unspecified atom stereocenters. The molecule has 7 rings (SSSR count). The molecule has 0 spiro atoms. The number of halogens is 1. The van der Waals surface area contributed by atoms with E-state index >= 15 is 0 Å². The average molecular weight is 543 g/mol. The van der Waals surface area contributed by atoms with Gasteiger partial charge >= 0.3 is 0 Å². The van der Waals surface area contributed by atoms with Crippen LogP contribution in [-0.4, -0.2) is 21.5 Å². The van der Waals surface area contributed by atoms with Crippen LogP contribution in [0.4, 0.5) is 22.9 Å². The zero-order chi connectivity index (χ0) is 27.4. The molecule has 7 heteroatoms. The minimum absolute atomic E-state index is 0.190. The van der Waals surface area contributed by atoms with Gasteiger partial charge in [-0.2, -0.15) is 5.10 Å². The first-order chi connectivity index (χ1) is 19.5. The number of fused-ring (bicyclic) bond motifs is 4. The number of anilines is 2. The third kappa shape index (κ3) is 4.00. The summed E-state index contributed by atoms with van der Waals surface area (Å²) in [5.74, 6) is 2.23. The van der Waals surface area contributed by atoms with Crippen LogP contribution in [-0.2, 0) is 0 Å². The summed E-state index contributed by atoms with van der Waals surface area (Å²) < 4.78 is 1.94. The van der Waals surface area contributed by atoms with Gasteiger partial charge in [-0.25, -0.2) is 14.7 Å². The van der Waals surface area contributed by atoms with Crippen molar-refractivity contribution < 1.29 is 0 Å². The van der Waals surface area contributed by atoms with Gasteiger partial charge in [0.05, 0.1) is 28.8 Å². The molecule has 1 N–H and O–H groups in total. The van der Waals surface area contributed by atoms with E-state index in [-0.39, 0.29) is 6.04 Å². The van der Waals surface area contributed by atoms with Crippen molar-refractivity contribution in [2.45, 2.75) is 26.8 Å². The molecule has 1 atom stereocenters. The molecular formula is C33H27ClN6. The fourth-order valence-electron chi connectivity index (χ4n) is 5.51. The van der Waals surface area contributed by atoms with Crippen molar-refractivity contribution in [2.75, 3.05) is 10.2 Å². The minimum Gasteiger partial charge on any atom is -0.337 e. The van der Waals surface area contributed by atoms with Crippen molar-refractivity contribution in [3.63, 3.8) is 0 Å². The SMILES string of the molecule is Cc1ccc(C)c(NC2=Nc3ccccc3N3C2=Nc2c(c(C)nn2-c2ccccc2)[C@@H]3c2ccc(Cl)cc2)c1. The summed E-state index contributed by atoms with van der Waals surface area (Å²) in [6.45, 7) is 6.25. The number of hydrogen-bond donors (Lipinski definition) is 1. The van der Waals surface area contributed by atoms with Gasteiger partial charge in [0, 0.05) is 16.3 Å². The summed E-state index contributed by atoms with van der Waals surface area (Å²) in [5, 5.41) is 9.33. The predicted octanol–water partition coefficient (Wildman–Crippen LogP) is 8.25. The number of aryl methyl sites for hydroxylation is 3. The first kappa shape index (κ1) is 24.4. The lowest BCUT2D eigenvalue weighted by molar-refractivity contribution is 0.815. The van der Waals surface area contributed by atoms with E-state index < -0.39 is 0 Å². The second-order valence-electron chi connectivity index (χ2n) is 10.2. The molecule has 0 amide bonds. The van der Waals surface area contributed by atoms with Gasteiger partial charge in [0.1, 0.15) is 0 Å². The molecule has 0 saturated carbocycles.